The van der Waals surface area contributed by atoms with Crippen LogP contribution in [0.15, 0.2) is 9.88 Å². The Morgan fingerprint density at radius 1 is 1.06 bits per heavy atom. The molecule has 0 aliphatic carbocycles. The van der Waals surface area contributed by atoms with Crippen molar-refractivity contribution in [2.24, 2.45) is 0 Å². The Balaban J connectivity index is 1.72. The zero-order valence-corrected chi connectivity index (χ0v) is 14.2. The van der Waals surface area contributed by atoms with Crippen molar-refractivity contribution in [1.29, 1.82) is 0 Å². The summed E-state index contributed by atoms with van der Waals surface area (Å²) in [6.45, 7) is 0. The van der Waals surface area contributed by atoms with E-state index in [1.807, 2.05) is 23.5 Å². The summed E-state index contributed by atoms with van der Waals surface area (Å²) in [7, 11) is 0. The molecule has 0 N–H and O–H groups in total. The van der Waals surface area contributed by atoms with Crippen LogP contribution in [0.5, 0.6) is 0 Å². The molecule has 2 aliphatic heterocycles. The van der Waals surface area contributed by atoms with Crippen LogP contribution in [0.3, 0.4) is 0 Å². The van der Waals surface area contributed by atoms with E-state index >= 15 is 0 Å². The molecule has 17 heavy (non-hydrogen) atoms. The average Bonchev–Trinajstić information content (AvgIpc) is 3.21. The summed E-state index contributed by atoms with van der Waals surface area (Å²) in [5, 5.41) is 1.59. The van der Waals surface area contributed by atoms with E-state index in [0.29, 0.717) is 14.5 Å². The Bertz CT molecular complexity index is 416. The molecule has 2 atom stereocenters. The van der Waals surface area contributed by atoms with Gasteiger partial charge in [-0.2, -0.15) is 0 Å². The Labute approximate surface area is 127 Å². The normalized spacial score (nSPS) is 25.6. The van der Waals surface area contributed by atoms with Crippen molar-refractivity contribution in [3.8, 4) is 0 Å². The minimum atomic E-state index is 0.478. The van der Waals surface area contributed by atoms with Crippen molar-refractivity contribution in [2.75, 3.05) is 11.5 Å². The number of hydrogen-bond donors (Lipinski definition) is 0. The Morgan fingerprint density at radius 3 is 1.82 bits per heavy atom. The maximum atomic E-state index is 5.58. The number of thiocarbonyl (C=S) groups is 2. The van der Waals surface area contributed by atoms with Crippen molar-refractivity contribution in [3.05, 3.63) is 21.0 Å². The summed E-state index contributed by atoms with van der Waals surface area (Å²) in [6.07, 6.45) is 2.17. The first-order valence-electron chi connectivity index (χ1n) is 5.60. The Hall–Kier alpha value is 0.879. The predicted molar refractivity (Wildman–Crippen MR) is 88.5 cm³/mol. The van der Waals surface area contributed by atoms with Crippen LogP contribution < -0.4 is 0 Å². The van der Waals surface area contributed by atoms with Crippen molar-refractivity contribution >= 4 is 72.2 Å². The zero-order valence-electron chi connectivity index (χ0n) is 9.18. The molecule has 0 amide bonds. The summed E-state index contributed by atoms with van der Waals surface area (Å²) < 4.78 is 0. The first-order valence-corrected chi connectivity index (χ1v) is 10.5. The van der Waals surface area contributed by atoms with Gasteiger partial charge in [0, 0.05) is 0 Å². The quantitative estimate of drug-likeness (QED) is 0.329. The van der Waals surface area contributed by atoms with Crippen LogP contribution >= 0.6 is 48.0 Å². The van der Waals surface area contributed by atoms with Gasteiger partial charge in [0.25, 0.3) is 0 Å². The van der Waals surface area contributed by atoms with Crippen LogP contribution in [0.1, 0.15) is 24.0 Å². The van der Waals surface area contributed by atoms with Crippen molar-refractivity contribution in [3.63, 3.8) is 0 Å². The van der Waals surface area contributed by atoms with E-state index in [-0.39, 0.29) is 0 Å². The molecule has 0 bridgehead atoms. The third-order valence-corrected chi connectivity index (χ3v) is 7.17. The molecule has 2 saturated heterocycles. The van der Waals surface area contributed by atoms with Crippen LogP contribution in [0, 0.1) is 0 Å². The number of hydrogen-bond acceptors (Lipinski definition) is 4. The fourth-order valence-electron chi connectivity index (χ4n) is 1.73. The van der Waals surface area contributed by atoms with Gasteiger partial charge in [-0.05, 0) is 0 Å². The molecule has 5 heteroatoms. The van der Waals surface area contributed by atoms with Gasteiger partial charge in [0.1, 0.15) is 0 Å². The molecular formula is C12H12S4Se. The third kappa shape index (κ3) is 3.46. The van der Waals surface area contributed by atoms with Gasteiger partial charge in [-0.25, -0.2) is 0 Å². The maximum absolute atomic E-state index is 5.58. The van der Waals surface area contributed by atoms with Gasteiger partial charge in [-0.15, -0.1) is 0 Å². The fourth-order valence-corrected chi connectivity index (χ4v) is 5.94. The topological polar surface area (TPSA) is 0 Å². The van der Waals surface area contributed by atoms with Gasteiger partial charge in [0.05, 0.1) is 0 Å². The van der Waals surface area contributed by atoms with Gasteiger partial charge < -0.3 is 0 Å². The SMILES string of the molecule is S=C(CC1CS1)c1c[se]cc1C(=S)CC1CS1. The molecule has 1 aromatic heterocycles. The molecule has 2 unspecified atom stereocenters. The summed E-state index contributed by atoms with van der Waals surface area (Å²) >= 11 is 15.7. The summed E-state index contributed by atoms with van der Waals surface area (Å²) in [5.41, 5.74) is 2.62. The molecular weight excluding hydrogens is 351 g/mol. The molecule has 0 radical (unpaired) electrons. The molecule has 2 fully saturated rings. The Morgan fingerprint density at radius 2 is 1.47 bits per heavy atom. The molecule has 0 aromatic carbocycles. The van der Waals surface area contributed by atoms with Gasteiger partial charge in [-0.3, -0.25) is 0 Å². The van der Waals surface area contributed by atoms with E-state index in [4.69, 9.17) is 24.4 Å². The van der Waals surface area contributed by atoms with Crippen LogP contribution in [0.4, 0.5) is 0 Å². The van der Waals surface area contributed by atoms with Crippen molar-refractivity contribution in [2.45, 2.75) is 23.3 Å². The third-order valence-electron chi connectivity index (χ3n) is 2.89. The first kappa shape index (κ1) is 12.9. The van der Waals surface area contributed by atoms with E-state index in [1.165, 1.54) is 22.6 Å². The minimum absolute atomic E-state index is 0.478. The van der Waals surface area contributed by atoms with E-state index in [0.717, 1.165) is 33.1 Å². The first-order chi connectivity index (χ1) is 8.24. The Kier molecular flexibility index (Phi) is 4.15. The molecule has 90 valence electrons. The standard InChI is InChI=1S/C12H12S4Se/c13-11(1-7-3-15-7)9-5-17-6-10(9)12(14)2-8-4-16-8/h5-8H,1-4H2. The van der Waals surface area contributed by atoms with Crippen LogP contribution in [0.25, 0.3) is 0 Å². The zero-order chi connectivity index (χ0) is 11.8. The fraction of sp³-hybridized carbons (Fsp3) is 0.500. The monoisotopic (exact) mass is 364 g/mol. The van der Waals surface area contributed by atoms with Gasteiger partial charge in [0.15, 0.2) is 0 Å². The number of rotatable bonds is 6. The van der Waals surface area contributed by atoms with Crippen molar-refractivity contribution in [1.82, 2.24) is 0 Å². The second-order valence-electron chi connectivity index (χ2n) is 4.36. The second-order valence-corrected chi connectivity index (χ2v) is 9.58. The molecule has 1 aromatic rings. The van der Waals surface area contributed by atoms with E-state index in [1.54, 1.807) is 0 Å². The van der Waals surface area contributed by atoms with E-state index in [2.05, 4.69) is 9.88 Å². The summed E-state index contributed by atoms with van der Waals surface area (Å²) in [5.74, 6) is 2.58. The summed E-state index contributed by atoms with van der Waals surface area (Å²) in [4.78, 5) is 6.95. The molecule has 3 heterocycles. The molecule has 3 rings (SSSR count). The second kappa shape index (κ2) is 5.48. The molecule has 0 nitrogen and oxygen atoms in total. The predicted octanol–water partition coefficient (Wildman–Crippen LogP) is 3.19. The molecule has 0 saturated carbocycles. The average molecular weight is 363 g/mol. The van der Waals surface area contributed by atoms with Crippen LogP contribution in [-0.4, -0.2) is 46.2 Å². The van der Waals surface area contributed by atoms with Crippen LogP contribution in [-0.2, 0) is 0 Å². The van der Waals surface area contributed by atoms with Gasteiger partial charge in [0.2, 0.25) is 0 Å². The molecule has 0 spiro atoms. The molecule has 2 aliphatic rings. The van der Waals surface area contributed by atoms with Gasteiger partial charge >= 0.3 is 128 Å². The van der Waals surface area contributed by atoms with Gasteiger partial charge in [-0.1, -0.05) is 0 Å². The van der Waals surface area contributed by atoms with Crippen LogP contribution in [0.2, 0.25) is 0 Å². The number of thioether (sulfide) groups is 2. The van der Waals surface area contributed by atoms with Crippen molar-refractivity contribution < 1.29 is 0 Å². The summed E-state index contributed by atoms with van der Waals surface area (Å²) in [6, 6.07) is 0. The van der Waals surface area contributed by atoms with E-state index < -0.39 is 0 Å². The van der Waals surface area contributed by atoms with E-state index in [9.17, 15) is 0 Å².